The van der Waals surface area contributed by atoms with Crippen molar-refractivity contribution in [3.63, 3.8) is 0 Å². The smallest absolute Gasteiger partial charge is 0.0975 e. The Labute approximate surface area is 163 Å². The fourth-order valence-corrected chi connectivity index (χ4v) is 4.59. The van der Waals surface area contributed by atoms with Crippen LogP contribution in [0.3, 0.4) is 0 Å². The maximum absolute atomic E-state index is 5.59. The molecule has 0 bridgehead atoms. The first-order chi connectivity index (χ1) is 13.6. The monoisotopic (exact) mass is 376 g/mol. The number of nitrogens with zero attached hydrogens (tertiary/aromatic N) is 6. The van der Waals surface area contributed by atoms with Crippen LogP contribution in [0.15, 0.2) is 30.7 Å². The molecule has 0 amide bonds. The summed E-state index contributed by atoms with van der Waals surface area (Å²) in [5.41, 5.74) is 6.27. The maximum Gasteiger partial charge on any atom is 0.0975 e. The number of aromatic nitrogens is 6. The molecule has 0 N–H and O–H groups in total. The van der Waals surface area contributed by atoms with Gasteiger partial charge in [0.2, 0.25) is 0 Å². The Morgan fingerprint density at radius 1 is 1.18 bits per heavy atom. The summed E-state index contributed by atoms with van der Waals surface area (Å²) in [6, 6.07) is 4.68. The summed E-state index contributed by atoms with van der Waals surface area (Å²) in [5, 5.41) is 9.46. The van der Waals surface area contributed by atoms with Crippen LogP contribution >= 0.6 is 0 Å². The molecule has 0 saturated carbocycles. The second-order valence-corrected chi connectivity index (χ2v) is 7.69. The fraction of sp³-hybridized carbons (Fsp3) is 0.429. The molecule has 0 aromatic carbocycles. The lowest BCUT2D eigenvalue weighted by molar-refractivity contribution is 0.0525. The highest BCUT2D eigenvalue weighted by Gasteiger charge is 2.25. The van der Waals surface area contributed by atoms with E-state index in [1.165, 1.54) is 5.52 Å². The van der Waals surface area contributed by atoms with E-state index in [0.717, 1.165) is 59.4 Å². The second-order valence-electron chi connectivity index (χ2n) is 7.69. The number of aryl methyl sites for hydroxylation is 2. The van der Waals surface area contributed by atoms with Crippen molar-refractivity contribution < 1.29 is 4.74 Å². The van der Waals surface area contributed by atoms with E-state index in [4.69, 9.17) is 9.72 Å². The van der Waals surface area contributed by atoms with Crippen molar-refractivity contribution in [2.75, 3.05) is 13.2 Å². The molecule has 1 saturated heterocycles. The van der Waals surface area contributed by atoms with Crippen molar-refractivity contribution in [3.8, 4) is 11.3 Å². The molecule has 0 spiro atoms. The van der Waals surface area contributed by atoms with Gasteiger partial charge in [-0.2, -0.15) is 0 Å². The average Bonchev–Trinajstić information content (AvgIpc) is 3.24. The molecular formula is C21H24N6O. The third kappa shape index (κ3) is 2.61. The van der Waals surface area contributed by atoms with Gasteiger partial charge in [0.1, 0.15) is 0 Å². The Balaban J connectivity index is 1.75. The van der Waals surface area contributed by atoms with E-state index in [-0.39, 0.29) is 0 Å². The quantitative estimate of drug-likeness (QED) is 0.545. The predicted octanol–water partition coefficient (Wildman–Crippen LogP) is 3.68. The van der Waals surface area contributed by atoms with Crippen molar-refractivity contribution in [2.45, 2.75) is 32.7 Å². The minimum atomic E-state index is 0.356. The maximum atomic E-state index is 5.59. The van der Waals surface area contributed by atoms with Gasteiger partial charge < -0.3 is 9.30 Å². The number of hydrogen-bond acceptors (Lipinski definition) is 5. The minimum Gasteiger partial charge on any atom is -0.381 e. The van der Waals surface area contributed by atoms with E-state index in [2.05, 4.69) is 38.9 Å². The zero-order chi connectivity index (χ0) is 19.3. The minimum absolute atomic E-state index is 0.356. The van der Waals surface area contributed by atoms with E-state index in [0.29, 0.717) is 12.0 Å². The van der Waals surface area contributed by atoms with E-state index < -0.39 is 0 Å². The molecule has 1 atom stereocenters. The molecule has 5 rings (SSSR count). The zero-order valence-electron chi connectivity index (χ0n) is 16.5. The Bertz CT molecular complexity index is 1140. The Morgan fingerprint density at radius 3 is 2.75 bits per heavy atom. The third-order valence-corrected chi connectivity index (χ3v) is 6.06. The van der Waals surface area contributed by atoms with Crippen LogP contribution < -0.4 is 0 Å². The van der Waals surface area contributed by atoms with Gasteiger partial charge in [0.25, 0.3) is 0 Å². The summed E-state index contributed by atoms with van der Waals surface area (Å²) in [6.45, 7) is 5.99. The lowest BCUT2D eigenvalue weighted by Crippen LogP contribution is -2.24. The summed E-state index contributed by atoms with van der Waals surface area (Å²) < 4.78 is 9.84. The summed E-state index contributed by atoms with van der Waals surface area (Å²) in [6.07, 6.45) is 7.89. The SMILES string of the molecule is Cc1nnn(C)c1-c1cnc2c3cnccc3n([C@H](C)C3CCOCC3)c2c1. The number of ether oxygens (including phenoxy) is 1. The number of rotatable bonds is 3. The summed E-state index contributed by atoms with van der Waals surface area (Å²) in [7, 11) is 1.92. The van der Waals surface area contributed by atoms with E-state index >= 15 is 0 Å². The Kier molecular flexibility index (Phi) is 4.12. The molecule has 0 unspecified atom stereocenters. The molecular weight excluding hydrogens is 352 g/mol. The lowest BCUT2D eigenvalue weighted by atomic mass is 9.92. The van der Waals surface area contributed by atoms with Gasteiger partial charge in [-0.3, -0.25) is 9.97 Å². The highest BCUT2D eigenvalue weighted by atomic mass is 16.5. The van der Waals surface area contributed by atoms with E-state index in [9.17, 15) is 0 Å². The van der Waals surface area contributed by atoms with Crippen LogP contribution in [0, 0.1) is 12.8 Å². The Morgan fingerprint density at radius 2 is 2.00 bits per heavy atom. The van der Waals surface area contributed by atoms with Crippen LogP contribution in [-0.4, -0.2) is 42.7 Å². The molecule has 28 heavy (non-hydrogen) atoms. The van der Waals surface area contributed by atoms with Gasteiger partial charge in [0.15, 0.2) is 0 Å². The van der Waals surface area contributed by atoms with Gasteiger partial charge in [0.05, 0.1) is 27.9 Å². The number of hydrogen-bond donors (Lipinski definition) is 0. The van der Waals surface area contributed by atoms with E-state index in [1.807, 2.05) is 37.2 Å². The number of pyridine rings is 2. The van der Waals surface area contributed by atoms with Crippen molar-refractivity contribution >= 4 is 21.9 Å². The molecule has 7 nitrogen and oxygen atoms in total. The first-order valence-corrected chi connectivity index (χ1v) is 9.83. The largest absolute Gasteiger partial charge is 0.381 e. The van der Waals surface area contributed by atoms with Crippen LogP contribution in [0.4, 0.5) is 0 Å². The van der Waals surface area contributed by atoms with Crippen molar-refractivity contribution in [1.82, 2.24) is 29.5 Å². The van der Waals surface area contributed by atoms with Crippen LogP contribution in [-0.2, 0) is 11.8 Å². The fourth-order valence-electron chi connectivity index (χ4n) is 4.59. The highest BCUT2D eigenvalue weighted by molar-refractivity contribution is 6.06. The molecule has 0 radical (unpaired) electrons. The molecule has 5 heterocycles. The highest BCUT2D eigenvalue weighted by Crippen LogP contribution is 2.37. The number of fused-ring (bicyclic) bond motifs is 3. The molecule has 1 aliphatic rings. The van der Waals surface area contributed by atoms with Crippen LogP contribution in [0.1, 0.15) is 31.5 Å². The molecule has 4 aromatic rings. The van der Waals surface area contributed by atoms with Gasteiger partial charge >= 0.3 is 0 Å². The van der Waals surface area contributed by atoms with Crippen LogP contribution in [0.2, 0.25) is 0 Å². The van der Waals surface area contributed by atoms with Crippen LogP contribution in [0.25, 0.3) is 33.2 Å². The molecule has 0 aliphatic carbocycles. The third-order valence-electron chi connectivity index (χ3n) is 6.06. The standard InChI is InChI=1S/C21H24N6O/c1-13-21(26(3)25-24-13)16-10-19-20(23-11-16)17-12-22-7-4-18(17)27(19)14(2)15-5-8-28-9-6-15/h4,7,10-12,14-15H,5-6,8-9H2,1-3H3/t14-/m1/s1. The van der Waals surface area contributed by atoms with Gasteiger partial charge in [-0.1, -0.05) is 5.21 Å². The van der Waals surface area contributed by atoms with Crippen molar-refractivity contribution in [1.29, 1.82) is 0 Å². The van der Waals surface area contributed by atoms with Gasteiger partial charge in [0, 0.05) is 55.8 Å². The van der Waals surface area contributed by atoms with Gasteiger partial charge in [-0.05, 0) is 44.7 Å². The van der Waals surface area contributed by atoms with Gasteiger partial charge in [-0.15, -0.1) is 5.10 Å². The molecule has 1 fully saturated rings. The summed E-state index contributed by atoms with van der Waals surface area (Å²) >= 11 is 0. The lowest BCUT2D eigenvalue weighted by Gasteiger charge is -2.30. The van der Waals surface area contributed by atoms with Crippen molar-refractivity contribution in [3.05, 3.63) is 36.4 Å². The normalized spacial score (nSPS) is 16.8. The van der Waals surface area contributed by atoms with E-state index in [1.54, 1.807) is 0 Å². The summed E-state index contributed by atoms with van der Waals surface area (Å²) in [5.74, 6) is 0.587. The van der Waals surface area contributed by atoms with Crippen molar-refractivity contribution in [2.24, 2.45) is 13.0 Å². The first kappa shape index (κ1) is 17.3. The van der Waals surface area contributed by atoms with Crippen LogP contribution in [0.5, 0.6) is 0 Å². The summed E-state index contributed by atoms with van der Waals surface area (Å²) in [4.78, 5) is 9.19. The molecule has 144 valence electrons. The average molecular weight is 376 g/mol. The zero-order valence-corrected chi connectivity index (χ0v) is 16.5. The Hall–Kier alpha value is -2.80. The van der Waals surface area contributed by atoms with Gasteiger partial charge in [-0.25, -0.2) is 4.68 Å². The topological polar surface area (TPSA) is 70.7 Å². The molecule has 1 aliphatic heterocycles. The second kappa shape index (κ2) is 6.67. The predicted molar refractivity (Wildman–Crippen MR) is 108 cm³/mol. The molecule has 7 heteroatoms. The first-order valence-electron chi connectivity index (χ1n) is 9.83. The molecule has 4 aromatic heterocycles.